The Bertz CT molecular complexity index is 1230. The number of hydrogen-bond acceptors (Lipinski definition) is 7. The van der Waals surface area contributed by atoms with E-state index in [9.17, 15) is 14.4 Å². The van der Waals surface area contributed by atoms with Gasteiger partial charge in [-0.05, 0) is 75.4 Å². The zero-order valence-electron chi connectivity index (χ0n) is 23.3. The largest absolute Gasteiger partial charge is 0.354 e. The number of hydrogen-bond donors (Lipinski definition) is 3. The van der Waals surface area contributed by atoms with Crippen LogP contribution in [0.5, 0.6) is 0 Å². The Hall–Kier alpha value is -2.99. The Labute approximate surface area is 241 Å². The Morgan fingerprint density at radius 2 is 1.62 bits per heavy atom. The number of piperidine rings is 1. The third kappa shape index (κ3) is 7.01. The predicted octanol–water partition coefficient (Wildman–Crippen LogP) is 1.50. The standard InChI is InChI=1S/C28H40N8O3.ClH/c1-28(2,29)25(37)34-13-15-35(16-14-34)26(38)31-24-9-12-36(27(39)32-24)23-5-3-20(4-6-23)17-33-18-22(19-33)21-7-10-30-11-8-21;/h3-6,9,12,21-22,30H,7-8,10-11,13-19,29H2,1-2H3,(H,31,32,38,39);1H. The summed E-state index contributed by atoms with van der Waals surface area (Å²) < 4.78 is 1.47. The van der Waals surface area contributed by atoms with E-state index in [0.717, 1.165) is 37.2 Å². The lowest BCUT2D eigenvalue weighted by molar-refractivity contribution is -0.137. The molecular formula is C28H41ClN8O3. The number of carbonyl (C=O) groups is 2. The Kier molecular flexibility index (Phi) is 9.50. The van der Waals surface area contributed by atoms with E-state index in [1.54, 1.807) is 35.9 Å². The van der Waals surface area contributed by atoms with Gasteiger partial charge >= 0.3 is 11.7 Å². The van der Waals surface area contributed by atoms with E-state index in [4.69, 9.17) is 5.73 Å². The number of piperazine rings is 1. The Balaban J connectivity index is 0.00000370. The fraction of sp³-hybridized carbons (Fsp3) is 0.571. The molecule has 2 aromatic rings. The van der Waals surface area contributed by atoms with Gasteiger partial charge in [0.15, 0.2) is 0 Å². The number of likely N-dealkylation sites (tertiary alicyclic amines) is 1. The van der Waals surface area contributed by atoms with E-state index in [0.29, 0.717) is 26.2 Å². The van der Waals surface area contributed by atoms with Crippen LogP contribution in [0.3, 0.4) is 0 Å². The summed E-state index contributed by atoms with van der Waals surface area (Å²) in [7, 11) is 0. The maximum Gasteiger partial charge on any atom is 0.354 e. The molecule has 12 heteroatoms. The third-order valence-corrected chi connectivity index (χ3v) is 8.10. The average molecular weight is 573 g/mol. The monoisotopic (exact) mass is 572 g/mol. The number of urea groups is 1. The van der Waals surface area contributed by atoms with Crippen LogP contribution in [0.4, 0.5) is 10.6 Å². The number of nitrogens with one attached hydrogen (secondary N) is 2. The van der Waals surface area contributed by atoms with Crippen molar-refractivity contribution < 1.29 is 9.59 Å². The second kappa shape index (κ2) is 12.7. The molecule has 4 heterocycles. The molecular weight excluding hydrogens is 532 g/mol. The summed E-state index contributed by atoms with van der Waals surface area (Å²) >= 11 is 0. The Morgan fingerprint density at radius 1 is 1.00 bits per heavy atom. The van der Waals surface area contributed by atoms with Crippen molar-refractivity contribution in [3.8, 4) is 5.69 Å². The first-order chi connectivity index (χ1) is 18.7. The molecule has 0 aliphatic carbocycles. The van der Waals surface area contributed by atoms with Gasteiger partial charge in [0.1, 0.15) is 5.82 Å². The summed E-state index contributed by atoms with van der Waals surface area (Å²) in [5.41, 5.74) is 6.46. The predicted molar refractivity (Wildman–Crippen MR) is 157 cm³/mol. The first kappa shape index (κ1) is 30.0. The smallest absolute Gasteiger partial charge is 0.338 e. The van der Waals surface area contributed by atoms with Gasteiger partial charge < -0.3 is 20.9 Å². The molecule has 0 radical (unpaired) electrons. The highest BCUT2D eigenvalue weighted by molar-refractivity contribution is 5.89. The van der Waals surface area contributed by atoms with E-state index in [1.807, 2.05) is 12.1 Å². The quantitative estimate of drug-likeness (QED) is 0.478. The van der Waals surface area contributed by atoms with E-state index in [-0.39, 0.29) is 30.2 Å². The minimum absolute atomic E-state index is 0. The van der Waals surface area contributed by atoms with Crippen molar-refractivity contribution in [1.29, 1.82) is 0 Å². The maximum absolute atomic E-state index is 12.7. The number of nitrogens with two attached hydrogens (primary N) is 1. The van der Waals surface area contributed by atoms with Gasteiger partial charge in [-0.25, -0.2) is 9.59 Å². The number of halogens is 1. The van der Waals surface area contributed by atoms with Crippen LogP contribution in [0, 0.1) is 11.8 Å². The zero-order valence-corrected chi connectivity index (χ0v) is 24.2. The molecule has 3 aliphatic rings. The van der Waals surface area contributed by atoms with Crippen molar-refractivity contribution in [3.05, 3.63) is 52.6 Å². The van der Waals surface area contributed by atoms with Crippen LogP contribution in [-0.2, 0) is 11.3 Å². The molecule has 1 aromatic heterocycles. The second-order valence-electron chi connectivity index (χ2n) is 11.6. The third-order valence-electron chi connectivity index (χ3n) is 8.10. The average Bonchev–Trinajstić information content (AvgIpc) is 2.91. The van der Waals surface area contributed by atoms with Crippen LogP contribution >= 0.6 is 12.4 Å². The van der Waals surface area contributed by atoms with Gasteiger partial charge in [-0.2, -0.15) is 4.98 Å². The lowest BCUT2D eigenvalue weighted by Gasteiger charge is -2.45. The number of amides is 3. The molecule has 0 saturated carbocycles. The van der Waals surface area contributed by atoms with Crippen molar-refractivity contribution in [2.75, 3.05) is 57.7 Å². The van der Waals surface area contributed by atoms with Crippen molar-refractivity contribution in [2.24, 2.45) is 17.6 Å². The van der Waals surface area contributed by atoms with Gasteiger partial charge in [0, 0.05) is 52.0 Å². The first-order valence-electron chi connectivity index (χ1n) is 13.9. The fourth-order valence-electron chi connectivity index (χ4n) is 5.75. The SMILES string of the molecule is CC(C)(N)C(=O)N1CCN(C(=O)Nc2ccn(-c3ccc(CN4CC(C5CCNCC5)C4)cc3)c(=O)n2)CC1.Cl. The van der Waals surface area contributed by atoms with E-state index < -0.39 is 11.2 Å². The molecule has 218 valence electrons. The molecule has 3 saturated heterocycles. The van der Waals surface area contributed by atoms with Crippen molar-refractivity contribution in [2.45, 2.75) is 38.8 Å². The van der Waals surface area contributed by atoms with Crippen LogP contribution in [-0.4, -0.2) is 94.1 Å². The molecule has 0 bridgehead atoms. The highest BCUT2D eigenvalue weighted by Crippen LogP contribution is 2.31. The molecule has 0 spiro atoms. The van der Waals surface area contributed by atoms with E-state index in [1.165, 1.54) is 36.1 Å². The van der Waals surface area contributed by atoms with Crippen LogP contribution in [0.1, 0.15) is 32.3 Å². The minimum Gasteiger partial charge on any atom is -0.338 e. The molecule has 3 aliphatic heterocycles. The number of anilines is 1. The van der Waals surface area contributed by atoms with Gasteiger partial charge in [-0.3, -0.25) is 19.6 Å². The molecule has 3 fully saturated rings. The van der Waals surface area contributed by atoms with Gasteiger partial charge in [0.25, 0.3) is 0 Å². The van der Waals surface area contributed by atoms with Crippen LogP contribution in [0.25, 0.3) is 5.69 Å². The normalized spacial score (nSPS) is 19.1. The van der Waals surface area contributed by atoms with Crippen molar-refractivity contribution in [1.82, 2.24) is 29.6 Å². The minimum atomic E-state index is -0.941. The molecule has 0 atom stereocenters. The number of nitrogens with zero attached hydrogens (tertiary/aromatic N) is 5. The molecule has 5 rings (SSSR count). The van der Waals surface area contributed by atoms with Crippen molar-refractivity contribution in [3.63, 3.8) is 0 Å². The van der Waals surface area contributed by atoms with Crippen molar-refractivity contribution >= 4 is 30.2 Å². The van der Waals surface area contributed by atoms with Gasteiger partial charge in [0.05, 0.1) is 11.2 Å². The van der Waals surface area contributed by atoms with Crippen LogP contribution in [0.15, 0.2) is 41.3 Å². The lowest BCUT2D eigenvalue weighted by atomic mass is 9.80. The Morgan fingerprint density at radius 3 is 2.23 bits per heavy atom. The van der Waals surface area contributed by atoms with Gasteiger partial charge in [-0.1, -0.05) is 12.1 Å². The summed E-state index contributed by atoms with van der Waals surface area (Å²) in [6, 6.07) is 9.26. The second-order valence-corrected chi connectivity index (χ2v) is 11.6. The number of benzene rings is 1. The summed E-state index contributed by atoms with van der Waals surface area (Å²) in [6.45, 7) is 10.5. The van der Waals surface area contributed by atoms with E-state index >= 15 is 0 Å². The molecule has 0 unspecified atom stereocenters. The topological polar surface area (TPSA) is 129 Å². The first-order valence-corrected chi connectivity index (χ1v) is 13.9. The summed E-state index contributed by atoms with van der Waals surface area (Å²) in [5.74, 6) is 1.75. The number of carbonyl (C=O) groups excluding carboxylic acids is 2. The van der Waals surface area contributed by atoms with Gasteiger partial charge in [-0.15, -0.1) is 12.4 Å². The summed E-state index contributed by atoms with van der Waals surface area (Å²) in [5, 5.41) is 6.15. The highest BCUT2D eigenvalue weighted by Gasteiger charge is 2.34. The lowest BCUT2D eigenvalue weighted by Crippen LogP contribution is -2.58. The molecule has 11 nitrogen and oxygen atoms in total. The molecule has 3 amide bonds. The van der Waals surface area contributed by atoms with E-state index in [2.05, 4.69) is 32.7 Å². The summed E-state index contributed by atoms with van der Waals surface area (Å²) in [6.07, 6.45) is 4.22. The summed E-state index contributed by atoms with van der Waals surface area (Å²) in [4.78, 5) is 47.6. The van der Waals surface area contributed by atoms with Crippen LogP contribution < -0.4 is 22.1 Å². The molecule has 1 aromatic carbocycles. The number of aromatic nitrogens is 2. The highest BCUT2D eigenvalue weighted by atomic mass is 35.5. The fourth-order valence-corrected chi connectivity index (χ4v) is 5.75. The van der Waals surface area contributed by atoms with Gasteiger partial charge in [0.2, 0.25) is 5.91 Å². The van der Waals surface area contributed by atoms with Crippen LogP contribution in [0.2, 0.25) is 0 Å². The maximum atomic E-state index is 12.7. The number of rotatable bonds is 6. The molecule has 40 heavy (non-hydrogen) atoms. The zero-order chi connectivity index (χ0) is 27.6. The molecule has 4 N–H and O–H groups in total.